The summed E-state index contributed by atoms with van der Waals surface area (Å²) in [6.45, 7) is 5.76. The minimum absolute atomic E-state index is 0.0495. The molecule has 1 heterocycles. The van der Waals surface area contributed by atoms with Gasteiger partial charge in [-0.25, -0.2) is 8.42 Å². The molecule has 0 saturated heterocycles. The maximum atomic E-state index is 13.5. The van der Waals surface area contributed by atoms with E-state index in [1.54, 1.807) is 36.4 Å². The van der Waals surface area contributed by atoms with Gasteiger partial charge in [0.1, 0.15) is 11.4 Å². The molecule has 180 valence electrons. The number of carbonyl (C=O) groups is 1. The van der Waals surface area contributed by atoms with Crippen LogP contribution in [0, 0.1) is 6.92 Å². The van der Waals surface area contributed by atoms with E-state index in [1.165, 1.54) is 22.9 Å². The first-order chi connectivity index (χ1) is 16.7. The van der Waals surface area contributed by atoms with Gasteiger partial charge in [0.05, 0.1) is 10.4 Å². The van der Waals surface area contributed by atoms with Crippen LogP contribution in [0.3, 0.4) is 0 Å². The highest BCUT2D eigenvalue weighted by atomic mass is 32.2. The summed E-state index contributed by atoms with van der Waals surface area (Å²) in [6.07, 6.45) is 2.76. The van der Waals surface area contributed by atoms with Crippen molar-refractivity contribution in [2.24, 2.45) is 0 Å². The minimum Gasteiger partial charge on any atom is -0.336 e. The summed E-state index contributed by atoms with van der Waals surface area (Å²) in [5.41, 5.74) is 3.56. The molecule has 0 fully saturated rings. The number of aromatic nitrogens is 1. The summed E-state index contributed by atoms with van der Waals surface area (Å²) in [5.74, 6) is -0.325. The van der Waals surface area contributed by atoms with Crippen LogP contribution in [-0.4, -0.2) is 18.9 Å². The van der Waals surface area contributed by atoms with Crippen molar-refractivity contribution in [1.29, 1.82) is 0 Å². The van der Waals surface area contributed by atoms with Crippen molar-refractivity contribution in [2.75, 3.05) is 5.32 Å². The lowest BCUT2D eigenvalue weighted by Gasteiger charge is -2.15. The zero-order chi connectivity index (χ0) is 25.2. The Morgan fingerprint density at radius 1 is 0.886 bits per heavy atom. The zero-order valence-electron chi connectivity index (χ0n) is 20.0. The molecule has 0 bridgehead atoms. The number of carbonyl (C=O) groups excluding carboxylic acids is 1. The van der Waals surface area contributed by atoms with Gasteiger partial charge in [0.2, 0.25) is 21.2 Å². The van der Waals surface area contributed by atoms with Gasteiger partial charge in [0.25, 0.3) is 0 Å². The Labute approximate surface area is 205 Å². The summed E-state index contributed by atoms with van der Waals surface area (Å²) in [7, 11) is -4.09. The molecule has 6 nitrogen and oxygen atoms in total. The van der Waals surface area contributed by atoms with Gasteiger partial charge < -0.3 is 9.88 Å². The largest absolute Gasteiger partial charge is 0.336 e. The monoisotopic (exact) mass is 488 g/mol. The fraction of sp³-hybridized carbons (Fsp3) is 0.214. The molecule has 0 spiro atoms. The van der Waals surface area contributed by atoms with Gasteiger partial charge in [-0.2, -0.15) is 0 Å². The molecule has 4 aromatic rings. The van der Waals surface area contributed by atoms with Crippen LogP contribution < -0.4 is 10.7 Å². The standard InChI is InChI=1S/C28H28N2O4S/c1-4-20-8-13-23(14-9-20)35(33,34)26-17-30(18-27(31)29-22-11-6-19(3)7-12-22)25-15-10-21(5-2)16-24(25)28(26)32/h6-17H,4-5,18H2,1-3H3,(H,29,31). The first-order valence-electron chi connectivity index (χ1n) is 11.6. The van der Waals surface area contributed by atoms with E-state index < -0.39 is 15.3 Å². The van der Waals surface area contributed by atoms with E-state index in [0.29, 0.717) is 17.6 Å². The predicted octanol–water partition coefficient (Wildman–Crippen LogP) is 4.91. The van der Waals surface area contributed by atoms with Gasteiger partial charge >= 0.3 is 0 Å². The molecule has 0 atom stereocenters. The Bertz CT molecular complexity index is 1550. The Kier molecular flexibility index (Phi) is 6.89. The second kappa shape index (κ2) is 9.88. The van der Waals surface area contributed by atoms with Gasteiger partial charge in [0, 0.05) is 17.3 Å². The molecule has 1 N–H and O–H groups in total. The number of rotatable bonds is 7. The van der Waals surface area contributed by atoms with Crippen LogP contribution in [-0.2, 0) is 34.0 Å². The highest BCUT2D eigenvalue weighted by Gasteiger charge is 2.24. The molecule has 35 heavy (non-hydrogen) atoms. The number of hydrogen-bond donors (Lipinski definition) is 1. The third-order valence-corrected chi connectivity index (χ3v) is 7.86. The second-order valence-electron chi connectivity index (χ2n) is 8.57. The molecule has 1 amide bonds. The SMILES string of the molecule is CCc1ccc(S(=O)(=O)c2cn(CC(=O)Nc3ccc(C)cc3)c3ccc(CC)cc3c2=O)cc1. The topological polar surface area (TPSA) is 85.2 Å². The normalized spacial score (nSPS) is 11.5. The smallest absolute Gasteiger partial charge is 0.244 e. The lowest BCUT2D eigenvalue weighted by atomic mass is 10.1. The van der Waals surface area contributed by atoms with Gasteiger partial charge in [0.15, 0.2) is 0 Å². The van der Waals surface area contributed by atoms with E-state index in [-0.39, 0.29) is 27.6 Å². The maximum absolute atomic E-state index is 13.5. The highest BCUT2D eigenvalue weighted by Crippen LogP contribution is 2.23. The molecule has 7 heteroatoms. The highest BCUT2D eigenvalue weighted by molar-refractivity contribution is 7.91. The van der Waals surface area contributed by atoms with E-state index in [2.05, 4.69) is 5.32 Å². The molecular formula is C28H28N2O4S. The number of benzene rings is 3. The van der Waals surface area contributed by atoms with Crippen LogP contribution in [0.2, 0.25) is 0 Å². The van der Waals surface area contributed by atoms with Crippen LogP contribution in [0.15, 0.2) is 87.5 Å². The average molecular weight is 489 g/mol. The molecular weight excluding hydrogens is 460 g/mol. The Hall–Kier alpha value is -3.71. The second-order valence-corrected chi connectivity index (χ2v) is 10.5. The number of anilines is 1. The summed E-state index contributed by atoms with van der Waals surface area (Å²) < 4.78 is 28.5. The van der Waals surface area contributed by atoms with E-state index in [4.69, 9.17) is 0 Å². The summed E-state index contributed by atoms with van der Waals surface area (Å²) >= 11 is 0. The van der Waals surface area contributed by atoms with E-state index >= 15 is 0 Å². The Morgan fingerprint density at radius 2 is 1.51 bits per heavy atom. The molecule has 0 aliphatic carbocycles. The molecule has 3 aromatic carbocycles. The lowest BCUT2D eigenvalue weighted by Crippen LogP contribution is -2.24. The lowest BCUT2D eigenvalue weighted by molar-refractivity contribution is -0.116. The van der Waals surface area contributed by atoms with Crippen molar-refractivity contribution in [2.45, 2.75) is 49.9 Å². The fourth-order valence-electron chi connectivity index (χ4n) is 3.98. The van der Waals surface area contributed by atoms with E-state index in [0.717, 1.165) is 23.1 Å². The van der Waals surface area contributed by atoms with Gasteiger partial charge in [-0.3, -0.25) is 9.59 Å². The molecule has 0 aliphatic heterocycles. The average Bonchev–Trinajstić information content (AvgIpc) is 2.86. The van der Waals surface area contributed by atoms with Crippen LogP contribution in [0.4, 0.5) is 5.69 Å². The van der Waals surface area contributed by atoms with Crippen molar-refractivity contribution < 1.29 is 13.2 Å². The quantitative estimate of drug-likeness (QED) is 0.401. The molecule has 1 aromatic heterocycles. The summed E-state index contributed by atoms with van der Waals surface area (Å²) in [4.78, 5) is 26.0. The van der Waals surface area contributed by atoms with Crippen molar-refractivity contribution >= 4 is 32.3 Å². The number of sulfone groups is 1. The third-order valence-electron chi connectivity index (χ3n) is 6.10. The first kappa shape index (κ1) is 24.4. The van der Waals surface area contributed by atoms with Gasteiger partial charge in [-0.05, 0) is 67.3 Å². The van der Waals surface area contributed by atoms with Crippen molar-refractivity contribution in [3.05, 3.63) is 99.8 Å². The molecule has 0 unspecified atom stereocenters. The first-order valence-corrected chi connectivity index (χ1v) is 13.1. The van der Waals surface area contributed by atoms with E-state index in [9.17, 15) is 18.0 Å². The third kappa shape index (κ3) is 5.05. The number of nitrogens with zero attached hydrogens (tertiary/aromatic N) is 1. The molecule has 0 radical (unpaired) electrons. The molecule has 4 rings (SSSR count). The number of hydrogen-bond acceptors (Lipinski definition) is 4. The minimum atomic E-state index is -4.09. The number of nitrogens with one attached hydrogen (secondary N) is 1. The van der Waals surface area contributed by atoms with Gasteiger partial charge in [-0.15, -0.1) is 0 Å². The Morgan fingerprint density at radius 3 is 2.14 bits per heavy atom. The van der Waals surface area contributed by atoms with Crippen LogP contribution in [0.1, 0.15) is 30.5 Å². The molecule has 0 saturated carbocycles. The zero-order valence-corrected chi connectivity index (χ0v) is 20.9. The van der Waals surface area contributed by atoms with Crippen molar-refractivity contribution in [1.82, 2.24) is 4.57 Å². The molecule has 0 aliphatic rings. The van der Waals surface area contributed by atoms with E-state index in [1.807, 2.05) is 39.0 Å². The van der Waals surface area contributed by atoms with Gasteiger partial charge in [-0.1, -0.05) is 49.7 Å². The van der Waals surface area contributed by atoms with Crippen molar-refractivity contribution in [3.8, 4) is 0 Å². The number of aryl methyl sites for hydroxylation is 3. The van der Waals surface area contributed by atoms with Crippen LogP contribution in [0.5, 0.6) is 0 Å². The van der Waals surface area contributed by atoms with Crippen molar-refractivity contribution in [3.63, 3.8) is 0 Å². The fourth-order valence-corrected chi connectivity index (χ4v) is 5.35. The number of fused-ring (bicyclic) bond motifs is 1. The summed E-state index contributed by atoms with van der Waals surface area (Å²) in [6, 6.07) is 19.3. The summed E-state index contributed by atoms with van der Waals surface area (Å²) in [5, 5.41) is 3.11. The Balaban J connectivity index is 1.82. The number of pyridine rings is 1. The van der Waals surface area contributed by atoms with Crippen LogP contribution in [0.25, 0.3) is 10.9 Å². The number of amides is 1. The van der Waals surface area contributed by atoms with Crippen LogP contribution >= 0.6 is 0 Å². The maximum Gasteiger partial charge on any atom is 0.244 e. The predicted molar refractivity (Wildman–Crippen MR) is 139 cm³/mol.